The number of methoxy groups -OCH3 is 1. The quantitative estimate of drug-likeness (QED) is 0.558. The van der Waals surface area contributed by atoms with Gasteiger partial charge in [-0.15, -0.1) is 0 Å². The lowest BCUT2D eigenvalue weighted by Gasteiger charge is -2.38. The number of likely N-dealkylation sites (tertiary alicyclic amines) is 1. The lowest BCUT2D eigenvalue weighted by atomic mass is 9.84. The Labute approximate surface area is 156 Å². The van der Waals surface area contributed by atoms with E-state index in [2.05, 4.69) is 0 Å². The summed E-state index contributed by atoms with van der Waals surface area (Å²) in [4.78, 5) is 37.4. The van der Waals surface area contributed by atoms with Gasteiger partial charge >= 0.3 is 12.1 Å². The molecule has 0 saturated carbocycles. The van der Waals surface area contributed by atoms with Gasteiger partial charge in [0, 0.05) is 24.6 Å². The molecule has 2 atom stereocenters. The molecule has 27 heavy (non-hydrogen) atoms. The van der Waals surface area contributed by atoms with Gasteiger partial charge in [0.05, 0.1) is 13.7 Å². The molecule has 1 aliphatic heterocycles. The number of hydrogen-bond donors (Lipinski definition) is 0. The van der Waals surface area contributed by atoms with Crippen LogP contribution in [0.3, 0.4) is 0 Å². The van der Waals surface area contributed by atoms with Crippen molar-refractivity contribution in [2.75, 3.05) is 20.3 Å². The molecule has 1 heterocycles. The van der Waals surface area contributed by atoms with Crippen LogP contribution in [-0.2, 0) is 25.5 Å². The molecule has 1 aliphatic rings. The van der Waals surface area contributed by atoms with Gasteiger partial charge in [-0.05, 0) is 37.8 Å². The molecule has 0 N–H and O–H groups in total. The van der Waals surface area contributed by atoms with Crippen LogP contribution in [0.5, 0.6) is 0 Å². The number of Topliss-reactive ketones (excluding diaryl/α,β-unsaturated/α-hetero) is 1. The summed E-state index contributed by atoms with van der Waals surface area (Å²) in [6, 6.07) is 2.75. The van der Waals surface area contributed by atoms with Crippen molar-refractivity contribution in [3.8, 4) is 0 Å². The van der Waals surface area contributed by atoms with Crippen LogP contribution in [0.4, 0.5) is 13.6 Å². The minimum Gasteiger partial charge on any atom is -0.466 e. The number of ether oxygens (including phenoxy) is 2. The van der Waals surface area contributed by atoms with Crippen molar-refractivity contribution in [2.45, 2.75) is 38.6 Å². The van der Waals surface area contributed by atoms with Gasteiger partial charge in [0.2, 0.25) is 0 Å². The first-order chi connectivity index (χ1) is 12.8. The zero-order valence-corrected chi connectivity index (χ0v) is 15.4. The van der Waals surface area contributed by atoms with Crippen LogP contribution in [0.1, 0.15) is 31.7 Å². The van der Waals surface area contributed by atoms with Crippen molar-refractivity contribution in [1.82, 2.24) is 4.90 Å². The number of nitrogens with zero attached hydrogens (tertiary/aromatic N) is 1. The van der Waals surface area contributed by atoms with E-state index in [1.807, 2.05) is 0 Å². The molecule has 8 heteroatoms. The molecule has 0 radical (unpaired) electrons. The van der Waals surface area contributed by atoms with E-state index in [9.17, 15) is 23.2 Å². The highest BCUT2D eigenvalue weighted by molar-refractivity contribution is 5.96. The number of ketones is 1. The van der Waals surface area contributed by atoms with Gasteiger partial charge in [-0.1, -0.05) is 6.07 Å². The number of benzene rings is 1. The number of piperidine rings is 1. The predicted molar refractivity (Wildman–Crippen MR) is 91.9 cm³/mol. The molecule has 0 spiro atoms. The molecular weight excluding hydrogens is 360 g/mol. The minimum absolute atomic E-state index is 0.115. The molecule has 1 aromatic carbocycles. The number of amides is 1. The monoisotopic (exact) mass is 383 g/mol. The summed E-state index contributed by atoms with van der Waals surface area (Å²) in [7, 11) is 1.25. The van der Waals surface area contributed by atoms with Crippen LogP contribution in [0.2, 0.25) is 0 Å². The third-order valence-corrected chi connectivity index (χ3v) is 4.67. The summed E-state index contributed by atoms with van der Waals surface area (Å²) in [5.74, 6) is -2.68. The molecule has 0 bridgehead atoms. The summed E-state index contributed by atoms with van der Waals surface area (Å²) in [5, 5.41) is 0. The summed E-state index contributed by atoms with van der Waals surface area (Å²) < 4.78 is 36.7. The molecule has 0 unspecified atom stereocenters. The lowest BCUT2D eigenvalue weighted by molar-refractivity contribution is -0.146. The van der Waals surface area contributed by atoms with E-state index in [4.69, 9.17) is 9.47 Å². The van der Waals surface area contributed by atoms with Gasteiger partial charge in [0.1, 0.15) is 23.8 Å². The second kappa shape index (κ2) is 9.43. The number of carbonyl (C=O) groups excluding carboxylic acids is 3. The molecule has 148 valence electrons. The fraction of sp³-hybridized carbons (Fsp3) is 0.526. The number of rotatable bonds is 6. The SMILES string of the molecule is CCOC(=O)CC(=O)[C@H]1CCN(C(=O)OC)[C@@H](Cc2ccc(F)cc2F)C1. The average molecular weight is 383 g/mol. The van der Waals surface area contributed by atoms with Crippen LogP contribution in [0, 0.1) is 17.6 Å². The van der Waals surface area contributed by atoms with Gasteiger partial charge in [-0.3, -0.25) is 9.59 Å². The lowest BCUT2D eigenvalue weighted by Crippen LogP contribution is -2.48. The first-order valence-electron chi connectivity index (χ1n) is 8.82. The fourth-order valence-electron chi connectivity index (χ4n) is 3.33. The molecule has 1 aromatic rings. The van der Waals surface area contributed by atoms with E-state index < -0.39 is 35.7 Å². The molecule has 2 rings (SSSR count). The van der Waals surface area contributed by atoms with E-state index in [0.29, 0.717) is 6.42 Å². The Balaban J connectivity index is 2.13. The van der Waals surface area contributed by atoms with Crippen LogP contribution in [0.25, 0.3) is 0 Å². The Morgan fingerprint density at radius 3 is 2.63 bits per heavy atom. The number of hydrogen-bond acceptors (Lipinski definition) is 5. The van der Waals surface area contributed by atoms with Gasteiger partial charge in [-0.2, -0.15) is 0 Å². The fourth-order valence-corrected chi connectivity index (χ4v) is 3.33. The average Bonchev–Trinajstić information content (AvgIpc) is 2.63. The first kappa shape index (κ1) is 20.8. The number of esters is 1. The van der Waals surface area contributed by atoms with Gasteiger partial charge < -0.3 is 14.4 Å². The third-order valence-electron chi connectivity index (χ3n) is 4.67. The topological polar surface area (TPSA) is 72.9 Å². The molecule has 1 fully saturated rings. The first-order valence-corrected chi connectivity index (χ1v) is 8.82. The minimum atomic E-state index is -0.709. The maximum absolute atomic E-state index is 14.0. The second-order valence-corrected chi connectivity index (χ2v) is 6.43. The van der Waals surface area contributed by atoms with Crippen LogP contribution < -0.4 is 0 Å². The largest absolute Gasteiger partial charge is 0.466 e. The van der Waals surface area contributed by atoms with E-state index in [1.54, 1.807) is 6.92 Å². The predicted octanol–water partition coefficient (Wildman–Crippen LogP) is 2.88. The van der Waals surface area contributed by atoms with Crippen LogP contribution >= 0.6 is 0 Å². The summed E-state index contributed by atoms with van der Waals surface area (Å²) in [5.41, 5.74) is 0.244. The van der Waals surface area contributed by atoms with Crippen LogP contribution in [0.15, 0.2) is 18.2 Å². The Bertz CT molecular complexity index is 709. The van der Waals surface area contributed by atoms with E-state index in [-0.39, 0.29) is 43.8 Å². The molecule has 1 saturated heterocycles. The van der Waals surface area contributed by atoms with Crippen molar-refractivity contribution in [2.24, 2.45) is 5.92 Å². The molecule has 0 aromatic heterocycles. The summed E-state index contributed by atoms with van der Waals surface area (Å²) >= 11 is 0. The zero-order chi connectivity index (χ0) is 20.0. The zero-order valence-electron chi connectivity index (χ0n) is 15.4. The van der Waals surface area contributed by atoms with Crippen molar-refractivity contribution in [3.05, 3.63) is 35.4 Å². The molecule has 6 nitrogen and oxygen atoms in total. The van der Waals surface area contributed by atoms with E-state index in [1.165, 1.54) is 18.1 Å². The Morgan fingerprint density at radius 1 is 1.26 bits per heavy atom. The van der Waals surface area contributed by atoms with Crippen molar-refractivity contribution < 1.29 is 32.6 Å². The maximum Gasteiger partial charge on any atom is 0.409 e. The maximum atomic E-state index is 14.0. The smallest absolute Gasteiger partial charge is 0.409 e. The van der Waals surface area contributed by atoms with Gasteiger partial charge in [0.15, 0.2) is 0 Å². The molecular formula is C19H23F2NO5. The Morgan fingerprint density at radius 2 is 2.00 bits per heavy atom. The van der Waals surface area contributed by atoms with Gasteiger partial charge in [0.25, 0.3) is 0 Å². The van der Waals surface area contributed by atoms with E-state index >= 15 is 0 Å². The highest BCUT2D eigenvalue weighted by Gasteiger charge is 2.36. The van der Waals surface area contributed by atoms with Crippen molar-refractivity contribution in [3.63, 3.8) is 0 Å². The summed E-state index contributed by atoms with van der Waals surface area (Å²) in [6.07, 6.45) is -0.127. The Kier molecular flexibility index (Phi) is 7.27. The number of carbonyl (C=O) groups is 3. The second-order valence-electron chi connectivity index (χ2n) is 6.43. The molecule has 0 aliphatic carbocycles. The molecule has 1 amide bonds. The normalized spacial score (nSPS) is 19.5. The third kappa shape index (κ3) is 5.48. The van der Waals surface area contributed by atoms with E-state index in [0.717, 1.165) is 12.1 Å². The van der Waals surface area contributed by atoms with Crippen molar-refractivity contribution >= 4 is 17.8 Å². The standard InChI is InChI=1S/C19H23F2NO5/c1-3-27-18(24)11-17(23)13-6-7-22(19(25)26-2)15(9-13)8-12-4-5-14(20)10-16(12)21/h4-5,10,13,15H,3,6-9,11H2,1-2H3/t13-,15-/m0/s1. The highest BCUT2D eigenvalue weighted by Crippen LogP contribution is 2.28. The Hall–Kier alpha value is -2.51. The van der Waals surface area contributed by atoms with Crippen molar-refractivity contribution in [1.29, 1.82) is 0 Å². The highest BCUT2D eigenvalue weighted by atomic mass is 19.1. The van der Waals surface area contributed by atoms with Gasteiger partial charge in [-0.25, -0.2) is 13.6 Å². The number of halogens is 2. The van der Waals surface area contributed by atoms with Crippen LogP contribution in [-0.4, -0.2) is 49.0 Å². The summed E-state index contributed by atoms with van der Waals surface area (Å²) in [6.45, 7) is 2.10.